The van der Waals surface area contributed by atoms with Crippen molar-refractivity contribution in [3.05, 3.63) is 46.5 Å². The standard InChI is InChI=1S/C13H16O2/c1-9-4-5-12(11(3)6-9)7-10(2)8-13(14)15/h4-6,8H,7H2,1-3H3,(H,14,15)/b10-8+. The summed E-state index contributed by atoms with van der Waals surface area (Å²) in [6, 6.07) is 6.23. The summed E-state index contributed by atoms with van der Waals surface area (Å²) in [5, 5.41) is 8.60. The zero-order valence-corrected chi connectivity index (χ0v) is 9.37. The fraction of sp³-hybridized carbons (Fsp3) is 0.308. The Morgan fingerprint density at radius 1 is 1.40 bits per heavy atom. The Kier molecular flexibility index (Phi) is 3.67. The third-order valence-corrected chi connectivity index (χ3v) is 2.34. The molecule has 1 N–H and O–H groups in total. The molecule has 0 amide bonds. The Morgan fingerprint density at radius 3 is 2.60 bits per heavy atom. The Hall–Kier alpha value is -1.57. The molecule has 1 aromatic rings. The maximum atomic E-state index is 10.5. The average molecular weight is 204 g/mol. The molecule has 0 fully saturated rings. The summed E-state index contributed by atoms with van der Waals surface area (Å²) in [6.07, 6.45) is 1.97. The van der Waals surface area contributed by atoms with Gasteiger partial charge >= 0.3 is 5.97 Å². The van der Waals surface area contributed by atoms with Crippen molar-refractivity contribution >= 4 is 5.97 Å². The van der Waals surface area contributed by atoms with Gasteiger partial charge in [0.2, 0.25) is 0 Å². The molecule has 0 aliphatic carbocycles. The fourth-order valence-electron chi connectivity index (χ4n) is 1.61. The molecule has 0 radical (unpaired) electrons. The van der Waals surface area contributed by atoms with Crippen LogP contribution in [-0.2, 0) is 11.2 Å². The predicted molar refractivity (Wildman–Crippen MR) is 61.0 cm³/mol. The molecule has 0 atom stereocenters. The number of aliphatic carboxylic acids is 1. The molecule has 0 saturated heterocycles. The lowest BCUT2D eigenvalue weighted by Gasteiger charge is -2.06. The molecule has 2 heteroatoms. The molecule has 0 aliphatic heterocycles. The second kappa shape index (κ2) is 4.78. The molecule has 1 aromatic carbocycles. The van der Waals surface area contributed by atoms with Gasteiger partial charge in [-0.3, -0.25) is 0 Å². The highest BCUT2D eigenvalue weighted by Gasteiger charge is 2.01. The molecular formula is C13H16O2. The van der Waals surface area contributed by atoms with Crippen LogP contribution in [0.3, 0.4) is 0 Å². The zero-order valence-electron chi connectivity index (χ0n) is 9.37. The maximum Gasteiger partial charge on any atom is 0.328 e. The number of allylic oxidation sites excluding steroid dienone is 1. The predicted octanol–water partition coefficient (Wildman–Crippen LogP) is 2.88. The van der Waals surface area contributed by atoms with Gasteiger partial charge in [0, 0.05) is 6.08 Å². The number of aryl methyl sites for hydroxylation is 2. The van der Waals surface area contributed by atoms with Crippen LogP contribution in [0.1, 0.15) is 23.6 Å². The second-order valence-corrected chi connectivity index (χ2v) is 3.94. The fourth-order valence-corrected chi connectivity index (χ4v) is 1.61. The number of hydrogen-bond donors (Lipinski definition) is 1. The molecule has 0 aliphatic rings. The van der Waals surface area contributed by atoms with Crippen LogP contribution in [0.25, 0.3) is 0 Å². The summed E-state index contributed by atoms with van der Waals surface area (Å²) in [7, 11) is 0. The van der Waals surface area contributed by atoms with Crippen LogP contribution < -0.4 is 0 Å². The van der Waals surface area contributed by atoms with E-state index in [1.54, 1.807) is 0 Å². The SMILES string of the molecule is C/C(=C\C(=O)O)Cc1ccc(C)cc1C. The van der Waals surface area contributed by atoms with Crippen molar-refractivity contribution in [3.8, 4) is 0 Å². The van der Waals surface area contributed by atoms with Crippen molar-refractivity contribution in [2.45, 2.75) is 27.2 Å². The first kappa shape index (κ1) is 11.5. The normalized spacial score (nSPS) is 11.5. The highest BCUT2D eigenvalue weighted by atomic mass is 16.4. The van der Waals surface area contributed by atoms with E-state index < -0.39 is 5.97 Å². The summed E-state index contributed by atoms with van der Waals surface area (Å²) < 4.78 is 0. The Bertz CT molecular complexity index is 403. The topological polar surface area (TPSA) is 37.3 Å². The third-order valence-electron chi connectivity index (χ3n) is 2.34. The molecule has 15 heavy (non-hydrogen) atoms. The van der Waals surface area contributed by atoms with Gasteiger partial charge in [-0.1, -0.05) is 29.3 Å². The number of benzene rings is 1. The largest absolute Gasteiger partial charge is 0.478 e. The van der Waals surface area contributed by atoms with Crippen molar-refractivity contribution in [2.75, 3.05) is 0 Å². The van der Waals surface area contributed by atoms with E-state index in [0.717, 1.165) is 5.57 Å². The minimum absolute atomic E-state index is 0.707. The smallest absolute Gasteiger partial charge is 0.328 e. The number of carboxylic acid groups (broad SMARTS) is 1. The van der Waals surface area contributed by atoms with Crippen LogP contribution in [0.2, 0.25) is 0 Å². The highest BCUT2D eigenvalue weighted by molar-refractivity contribution is 5.80. The van der Waals surface area contributed by atoms with Gasteiger partial charge < -0.3 is 5.11 Å². The lowest BCUT2D eigenvalue weighted by molar-refractivity contribution is -0.131. The minimum atomic E-state index is -0.878. The van der Waals surface area contributed by atoms with E-state index in [1.807, 2.05) is 6.92 Å². The average Bonchev–Trinajstić information content (AvgIpc) is 2.08. The first-order valence-corrected chi connectivity index (χ1v) is 4.95. The van der Waals surface area contributed by atoms with Crippen LogP contribution in [-0.4, -0.2) is 11.1 Å². The molecule has 2 nitrogen and oxygen atoms in total. The van der Waals surface area contributed by atoms with E-state index in [1.165, 1.54) is 22.8 Å². The summed E-state index contributed by atoms with van der Waals surface area (Å²) in [5.41, 5.74) is 4.51. The van der Waals surface area contributed by atoms with Crippen molar-refractivity contribution < 1.29 is 9.90 Å². The van der Waals surface area contributed by atoms with Gasteiger partial charge in [0.25, 0.3) is 0 Å². The van der Waals surface area contributed by atoms with Crippen molar-refractivity contribution in [1.29, 1.82) is 0 Å². The summed E-state index contributed by atoms with van der Waals surface area (Å²) in [6.45, 7) is 5.94. The van der Waals surface area contributed by atoms with Gasteiger partial charge in [-0.15, -0.1) is 0 Å². The Balaban J connectivity index is 2.86. The lowest BCUT2D eigenvalue weighted by Crippen LogP contribution is -1.95. The molecule has 0 bridgehead atoms. The van der Waals surface area contributed by atoms with Crippen LogP contribution in [0.5, 0.6) is 0 Å². The second-order valence-electron chi connectivity index (χ2n) is 3.94. The maximum absolute atomic E-state index is 10.5. The molecule has 1 rings (SSSR count). The van der Waals surface area contributed by atoms with E-state index in [0.29, 0.717) is 6.42 Å². The van der Waals surface area contributed by atoms with Gasteiger partial charge in [0.1, 0.15) is 0 Å². The van der Waals surface area contributed by atoms with Crippen molar-refractivity contribution in [3.63, 3.8) is 0 Å². The number of carboxylic acids is 1. The van der Waals surface area contributed by atoms with E-state index in [-0.39, 0.29) is 0 Å². The molecule has 0 saturated carbocycles. The molecule has 0 aromatic heterocycles. The van der Waals surface area contributed by atoms with E-state index >= 15 is 0 Å². The molecular weight excluding hydrogens is 188 g/mol. The highest BCUT2D eigenvalue weighted by Crippen LogP contribution is 2.14. The van der Waals surface area contributed by atoms with Gasteiger partial charge in [-0.2, -0.15) is 0 Å². The number of hydrogen-bond acceptors (Lipinski definition) is 1. The van der Waals surface area contributed by atoms with E-state index in [2.05, 4.69) is 32.0 Å². The zero-order chi connectivity index (χ0) is 11.4. The summed E-state index contributed by atoms with van der Waals surface area (Å²) in [5.74, 6) is -0.878. The van der Waals surface area contributed by atoms with Gasteiger partial charge in [0.05, 0.1) is 0 Å². The van der Waals surface area contributed by atoms with Crippen LogP contribution in [0, 0.1) is 13.8 Å². The molecule has 80 valence electrons. The molecule has 0 spiro atoms. The third kappa shape index (κ3) is 3.58. The van der Waals surface area contributed by atoms with Crippen molar-refractivity contribution in [1.82, 2.24) is 0 Å². The summed E-state index contributed by atoms with van der Waals surface area (Å²) >= 11 is 0. The number of carbonyl (C=O) groups is 1. The van der Waals surface area contributed by atoms with Crippen LogP contribution in [0.15, 0.2) is 29.8 Å². The van der Waals surface area contributed by atoms with E-state index in [9.17, 15) is 4.79 Å². The first-order valence-electron chi connectivity index (χ1n) is 4.95. The Labute approximate surface area is 90.3 Å². The van der Waals surface area contributed by atoms with Gasteiger partial charge in [0.15, 0.2) is 0 Å². The van der Waals surface area contributed by atoms with Crippen LogP contribution in [0.4, 0.5) is 0 Å². The monoisotopic (exact) mass is 204 g/mol. The quantitative estimate of drug-likeness (QED) is 0.769. The van der Waals surface area contributed by atoms with E-state index in [4.69, 9.17) is 5.11 Å². The number of rotatable bonds is 3. The van der Waals surface area contributed by atoms with Crippen LogP contribution >= 0.6 is 0 Å². The summed E-state index contributed by atoms with van der Waals surface area (Å²) in [4.78, 5) is 10.5. The van der Waals surface area contributed by atoms with Gasteiger partial charge in [-0.25, -0.2) is 4.79 Å². The lowest BCUT2D eigenvalue weighted by atomic mass is 9.99. The molecule has 0 unspecified atom stereocenters. The Morgan fingerprint density at radius 2 is 2.07 bits per heavy atom. The molecule has 0 heterocycles. The minimum Gasteiger partial charge on any atom is -0.478 e. The van der Waals surface area contributed by atoms with Gasteiger partial charge in [-0.05, 0) is 38.3 Å². The van der Waals surface area contributed by atoms with Crippen molar-refractivity contribution in [2.24, 2.45) is 0 Å². The first-order chi connectivity index (χ1) is 6.99.